The molecule has 0 aliphatic carbocycles. The summed E-state index contributed by atoms with van der Waals surface area (Å²) >= 11 is 0. The van der Waals surface area contributed by atoms with Crippen LogP contribution in [-0.2, 0) is 6.54 Å². The van der Waals surface area contributed by atoms with E-state index in [-0.39, 0.29) is 16.5 Å². The summed E-state index contributed by atoms with van der Waals surface area (Å²) in [6.45, 7) is -0.539. The van der Waals surface area contributed by atoms with E-state index >= 15 is 0 Å². The van der Waals surface area contributed by atoms with E-state index in [0.29, 0.717) is 0 Å². The molecule has 1 aromatic heterocycles. The fourth-order valence-corrected chi connectivity index (χ4v) is 1.98. The van der Waals surface area contributed by atoms with Crippen LogP contribution in [0.5, 0.6) is 0 Å². The largest absolute Gasteiger partial charge is 0.478 e. The number of fused-ring (bicyclic) bond motifs is 1. The maximum atomic E-state index is 12.3. The molecule has 0 bridgehead atoms. The zero-order chi connectivity index (χ0) is 14.9. The molecule has 1 N–H and O–H groups in total. The van der Waals surface area contributed by atoms with Gasteiger partial charge < -0.3 is 9.67 Å². The molecule has 0 saturated heterocycles. The van der Waals surface area contributed by atoms with Gasteiger partial charge in [0.2, 0.25) is 0 Å². The fraction of sp³-hybridized carbons (Fsp3) is 0.231. The van der Waals surface area contributed by atoms with Crippen molar-refractivity contribution in [3.05, 3.63) is 46.2 Å². The van der Waals surface area contributed by atoms with Gasteiger partial charge in [0.25, 0.3) is 5.56 Å². The van der Waals surface area contributed by atoms with Crippen LogP contribution in [0.1, 0.15) is 16.8 Å². The number of carboxylic acids is 1. The zero-order valence-electron chi connectivity index (χ0n) is 10.1. The number of para-hydroxylation sites is 1. The molecule has 20 heavy (non-hydrogen) atoms. The lowest BCUT2D eigenvalue weighted by atomic mass is 10.1. The Balaban J connectivity index is 2.61. The average molecular weight is 285 g/mol. The molecule has 0 amide bonds. The quantitative estimate of drug-likeness (QED) is 0.943. The third kappa shape index (κ3) is 2.81. The van der Waals surface area contributed by atoms with Crippen molar-refractivity contribution < 1.29 is 23.1 Å². The predicted octanol–water partition coefficient (Wildman–Crippen LogP) is 2.65. The average Bonchev–Trinajstić information content (AvgIpc) is 2.35. The molecule has 1 aromatic carbocycles. The second kappa shape index (κ2) is 4.99. The minimum atomic E-state index is -4.38. The minimum absolute atomic E-state index is 0.182. The molecule has 0 unspecified atom stereocenters. The standard InChI is InChI=1S/C13H10F3NO3/c14-13(15,16)5-6-17-10-4-2-1-3-8(10)9(12(19)20)7-11(17)18/h1-4,7H,5-6H2,(H,19,20). The summed E-state index contributed by atoms with van der Waals surface area (Å²) in [6.07, 6.45) is -5.53. The van der Waals surface area contributed by atoms with Crippen molar-refractivity contribution >= 4 is 16.9 Å². The number of alkyl halides is 3. The molecule has 1 heterocycles. The first kappa shape index (κ1) is 14.1. The van der Waals surface area contributed by atoms with Crippen LogP contribution in [0.3, 0.4) is 0 Å². The normalized spacial score (nSPS) is 11.8. The molecular weight excluding hydrogens is 275 g/mol. The van der Waals surface area contributed by atoms with Crippen molar-refractivity contribution in [2.75, 3.05) is 0 Å². The molecule has 0 aliphatic rings. The van der Waals surface area contributed by atoms with E-state index in [2.05, 4.69) is 0 Å². The van der Waals surface area contributed by atoms with Gasteiger partial charge in [-0.05, 0) is 6.07 Å². The molecule has 0 spiro atoms. The Morgan fingerprint density at radius 1 is 1.25 bits per heavy atom. The monoisotopic (exact) mass is 285 g/mol. The van der Waals surface area contributed by atoms with Gasteiger partial charge in [0.1, 0.15) is 0 Å². The molecule has 7 heteroatoms. The maximum Gasteiger partial charge on any atom is 0.390 e. The van der Waals surface area contributed by atoms with Crippen molar-refractivity contribution in [3.63, 3.8) is 0 Å². The summed E-state index contributed by atoms with van der Waals surface area (Å²) in [4.78, 5) is 22.9. The highest BCUT2D eigenvalue weighted by Gasteiger charge is 2.27. The van der Waals surface area contributed by atoms with Gasteiger partial charge in [-0.25, -0.2) is 4.79 Å². The number of carbonyl (C=O) groups is 1. The van der Waals surface area contributed by atoms with Crippen LogP contribution in [0, 0.1) is 0 Å². The van der Waals surface area contributed by atoms with Gasteiger partial charge in [0.15, 0.2) is 0 Å². The molecule has 106 valence electrons. The minimum Gasteiger partial charge on any atom is -0.478 e. The number of aromatic carboxylic acids is 1. The number of aromatic nitrogens is 1. The van der Waals surface area contributed by atoms with Crippen molar-refractivity contribution in [2.24, 2.45) is 0 Å². The van der Waals surface area contributed by atoms with E-state index in [0.717, 1.165) is 10.6 Å². The van der Waals surface area contributed by atoms with Crippen molar-refractivity contribution in [1.82, 2.24) is 4.57 Å². The number of benzene rings is 1. The highest BCUT2D eigenvalue weighted by molar-refractivity contribution is 6.02. The Bertz CT molecular complexity index is 719. The third-order valence-electron chi connectivity index (χ3n) is 2.87. The first-order valence-electron chi connectivity index (χ1n) is 5.72. The van der Waals surface area contributed by atoms with Gasteiger partial charge >= 0.3 is 12.1 Å². The topological polar surface area (TPSA) is 59.3 Å². The van der Waals surface area contributed by atoms with Crippen molar-refractivity contribution in [3.8, 4) is 0 Å². The van der Waals surface area contributed by atoms with E-state index in [1.807, 2.05) is 0 Å². The van der Waals surface area contributed by atoms with Crippen LogP contribution in [0.2, 0.25) is 0 Å². The first-order valence-corrected chi connectivity index (χ1v) is 5.72. The van der Waals surface area contributed by atoms with Crippen LogP contribution in [0.25, 0.3) is 10.9 Å². The Labute approximate surface area is 111 Å². The fourth-order valence-electron chi connectivity index (χ4n) is 1.98. The lowest BCUT2D eigenvalue weighted by molar-refractivity contribution is -0.136. The Hall–Kier alpha value is -2.31. The van der Waals surface area contributed by atoms with E-state index in [1.165, 1.54) is 18.2 Å². The number of pyridine rings is 1. The molecule has 2 rings (SSSR count). The van der Waals surface area contributed by atoms with E-state index in [9.17, 15) is 22.8 Å². The van der Waals surface area contributed by atoms with Crippen LogP contribution in [0.4, 0.5) is 13.2 Å². The van der Waals surface area contributed by atoms with E-state index in [1.54, 1.807) is 6.07 Å². The van der Waals surface area contributed by atoms with Gasteiger partial charge in [-0.3, -0.25) is 4.79 Å². The molecular formula is C13H10F3NO3. The van der Waals surface area contributed by atoms with E-state index in [4.69, 9.17) is 5.11 Å². The summed E-state index contributed by atoms with van der Waals surface area (Å²) < 4.78 is 37.8. The summed E-state index contributed by atoms with van der Waals surface area (Å²) in [7, 11) is 0. The molecule has 4 nitrogen and oxygen atoms in total. The number of rotatable bonds is 3. The summed E-state index contributed by atoms with van der Waals surface area (Å²) in [5.74, 6) is -1.29. The summed E-state index contributed by atoms with van der Waals surface area (Å²) in [6, 6.07) is 6.84. The van der Waals surface area contributed by atoms with Gasteiger partial charge in [-0.15, -0.1) is 0 Å². The number of aryl methyl sites for hydroxylation is 1. The Morgan fingerprint density at radius 2 is 1.90 bits per heavy atom. The molecule has 2 aromatic rings. The number of hydrogen-bond donors (Lipinski definition) is 1. The first-order chi connectivity index (χ1) is 9.29. The van der Waals surface area contributed by atoms with Gasteiger partial charge in [0, 0.05) is 18.0 Å². The van der Waals surface area contributed by atoms with Crippen LogP contribution >= 0.6 is 0 Å². The second-order valence-electron chi connectivity index (χ2n) is 4.24. The zero-order valence-corrected chi connectivity index (χ0v) is 10.1. The number of hydrogen-bond acceptors (Lipinski definition) is 2. The van der Waals surface area contributed by atoms with E-state index < -0.39 is 30.7 Å². The molecule has 0 aliphatic heterocycles. The lowest BCUT2D eigenvalue weighted by Gasteiger charge is -2.13. The third-order valence-corrected chi connectivity index (χ3v) is 2.87. The van der Waals surface area contributed by atoms with Crippen LogP contribution < -0.4 is 5.56 Å². The smallest absolute Gasteiger partial charge is 0.390 e. The second-order valence-corrected chi connectivity index (χ2v) is 4.24. The number of halogens is 3. The SMILES string of the molecule is O=C(O)c1cc(=O)n(CCC(F)(F)F)c2ccccc12. The Kier molecular flexibility index (Phi) is 3.52. The number of nitrogens with zero attached hydrogens (tertiary/aromatic N) is 1. The summed E-state index contributed by atoms with van der Waals surface area (Å²) in [5.41, 5.74) is -0.791. The maximum absolute atomic E-state index is 12.3. The lowest BCUT2D eigenvalue weighted by Crippen LogP contribution is -2.24. The van der Waals surface area contributed by atoms with Crippen molar-refractivity contribution in [2.45, 2.75) is 19.1 Å². The van der Waals surface area contributed by atoms with Crippen molar-refractivity contribution in [1.29, 1.82) is 0 Å². The highest BCUT2D eigenvalue weighted by atomic mass is 19.4. The molecule has 0 saturated carbocycles. The van der Waals surface area contributed by atoms with Crippen LogP contribution in [-0.4, -0.2) is 21.8 Å². The van der Waals surface area contributed by atoms with Crippen LogP contribution in [0.15, 0.2) is 35.1 Å². The molecule has 0 fully saturated rings. The number of carboxylic acid groups (broad SMARTS) is 1. The van der Waals surface area contributed by atoms with Gasteiger partial charge in [0.05, 0.1) is 17.5 Å². The summed E-state index contributed by atoms with van der Waals surface area (Å²) in [5, 5.41) is 9.27. The predicted molar refractivity (Wildman–Crippen MR) is 65.8 cm³/mol. The Morgan fingerprint density at radius 3 is 2.50 bits per heavy atom. The molecule has 0 radical (unpaired) electrons. The molecule has 0 atom stereocenters. The van der Waals surface area contributed by atoms with Gasteiger partial charge in [-0.2, -0.15) is 13.2 Å². The van der Waals surface area contributed by atoms with Gasteiger partial charge in [-0.1, -0.05) is 18.2 Å². The highest BCUT2D eigenvalue weighted by Crippen LogP contribution is 2.22.